The van der Waals surface area contributed by atoms with Crippen LogP contribution in [0.15, 0.2) is 119 Å². The average Bonchev–Trinajstić information content (AvgIpc) is 3.64. The summed E-state index contributed by atoms with van der Waals surface area (Å²) in [6.45, 7) is 5.38. The van der Waals surface area contributed by atoms with Gasteiger partial charge in [0.05, 0.1) is 56.2 Å². The molecule has 0 aliphatic rings. The maximum absolute atomic E-state index is 12.6. The maximum atomic E-state index is 12.6. The van der Waals surface area contributed by atoms with Crippen LogP contribution >= 0.6 is 0 Å². The zero-order valence-electron chi connectivity index (χ0n) is 30.2. The highest BCUT2D eigenvalue weighted by Crippen LogP contribution is 2.25. The molecule has 278 valence electrons. The van der Waals surface area contributed by atoms with E-state index in [0.717, 1.165) is 47.4 Å². The molecule has 4 aromatic carbocycles. The second kappa shape index (κ2) is 19.2. The lowest BCUT2D eigenvalue weighted by atomic mass is 10.1. The molecule has 11 nitrogen and oxygen atoms in total. The molecule has 0 atom stereocenters. The number of aryl methyl sites for hydroxylation is 2. The molecule has 0 radical (unpaired) electrons. The van der Waals surface area contributed by atoms with Crippen LogP contribution in [0.1, 0.15) is 40.0 Å². The van der Waals surface area contributed by atoms with Crippen LogP contribution < -0.4 is 14.9 Å². The molecule has 11 heteroatoms. The highest BCUT2D eigenvalue weighted by Gasteiger charge is 2.09. The molecule has 0 saturated heterocycles. The molecule has 1 N–H and O–H groups in total. The van der Waals surface area contributed by atoms with Crippen molar-refractivity contribution >= 4 is 22.8 Å². The van der Waals surface area contributed by atoms with E-state index in [1.807, 2.05) is 79.9 Å². The van der Waals surface area contributed by atoms with Crippen LogP contribution in [0.5, 0.6) is 17.2 Å². The smallest absolute Gasteiger partial charge is 0.193 e. The standard InChI is InChI=1S/C43H43N3O8/c1-31-9-20-42-38(28-31)41(49)29-43(54-42)33-13-17-36(18-14-33)53-27-26-51-25-24-50-23-21-46-30-34(44-45-46)6-4-5-22-52-35-15-10-32(11-16-35)12-19-40(48)37-7-2-3-8-39(37)47/h2-3,7-20,28-30,47H,4-6,21-27H2,1H3/b19-12+. The summed E-state index contributed by atoms with van der Waals surface area (Å²) >= 11 is 0. The highest BCUT2D eigenvalue weighted by molar-refractivity contribution is 6.08. The van der Waals surface area contributed by atoms with Gasteiger partial charge in [0.1, 0.15) is 35.2 Å². The first-order chi connectivity index (χ1) is 26.4. The van der Waals surface area contributed by atoms with Crippen LogP contribution in [0.4, 0.5) is 0 Å². The lowest BCUT2D eigenvalue weighted by Crippen LogP contribution is -2.13. The predicted molar refractivity (Wildman–Crippen MR) is 206 cm³/mol. The fraction of sp³-hybridized carbons (Fsp3) is 0.256. The minimum Gasteiger partial charge on any atom is -0.507 e. The second-order valence-electron chi connectivity index (χ2n) is 12.6. The molecule has 54 heavy (non-hydrogen) atoms. The topological polar surface area (TPSA) is 135 Å². The monoisotopic (exact) mass is 729 g/mol. The number of hydrogen-bond acceptors (Lipinski definition) is 10. The predicted octanol–water partition coefficient (Wildman–Crippen LogP) is 7.48. The molecule has 6 aromatic rings. The molecule has 0 aliphatic carbocycles. The number of ether oxygens (including phenoxy) is 4. The first-order valence-corrected chi connectivity index (χ1v) is 18.0. The van der Waals surface area contributed by atoms with Crippen molar-refractivity contribution in [3.8, 4) is 28.6 Å². The van der Waals surface area contributed by atoms with Crippen molar-refractivity contribution in [1.29, 1.82) is 0 Å². The Kier molecular flexibility index (Phi) is 13.4. The molecule has 0 saturated carbocycles. The van der Waals surface area contributed by atoms with Gasteiger partial charge in [0.25, 0.3) is 0 Å². The minimum absolute atomic E-state index is 0.0306. The molecule has 0 spiro atoms. The molecule has 0 fully saturated rings. The summed E-state index contributed by atoms with van der Waals surface area (Å²) in [6, 6.07) is 28.5. The van der Waals surface area contributed by atoms with Crippen molar-refractivity contribution in [1.82, 2.24) is 15.0 Å². The van der Waals surface area contributed by atoms with E-state index in [1.54, 1.807) is 29.0 Å². The van der Waals surface area contributed by atoms with Crippen molar-refractivity contribution in [3.63, 3.8) is 0 Å². The number of nitrogens with zero attached hydrogens (tertiary/aromatic N) is 3. The third kappa shape index (κ3) is 11.0. The second-order valence-corrected chi connectivity index (χ2v) is 12.6. The fourth-order valence-electron chi connectivity index (χ4n) is 5.61. The van der Waals surface area contributed by atoms with Gasteiger partial charge in [-0.25, -0.2) is 4.68 Å². The number of carbonyl (C=O) groups excluding carboxylic acids is 1. The Bertz CT molecular complexity index is 2210. The van der Waals surface area contributed by atoms with Gasteiger partial charge in [-0.1, -0.05) is 47.2 Å². The molecule has 6 rings (SSSR count). The molecular formula is C43H43N3O8. The number of allylic oxidation sites excluding steroid dienone is 1. The van der Waals surface area contributed by atoms with Crippen LogP contribution in [0.25, 0.3) is 28.4 Å². The van der Waals surface area contributed by atoms with Crippen molar-refractivity contribution in [3.05, 3.63) is 142 Å². The largest absolute Gasteiger partial charge is 0.507 e. The average molecular weight is 730 g/mol. The van der Waals surface area contributed by atoms with E-state index in [1.165, 1.54) is 18.2 Å². The number of hydrogen-bond donors (Lipinski definition) is 1. The first-order valence-electron chi connectivity index (χ1n) is 18.0. The maximum Gasteiger partial charge on any atom is 0.193 e. The molecular weight excluding hydrogens is 686 g/mol. The van der Waals surface area contributed by atoms with E-state index in [9.17, 15) is 14.7 Å². The third-order valence-electron chi connectivity index (χ3n) is 8.51. The molecule has 0 aliphatic heterocycles. The van der Waals surface area contributed by atoms with E-state index in [4.69, 9.17) is 23.4 Å². The Balaban J connectivity index is 0.781. The van der Waals surface area contributed by atoms with Gasteiger partial charge in [0.15, 0.2) is 11.2 Å². The van der Waals surface area contributed by atoms with Crippen LogP contribution in [0.3, 0.4) is 0 Å². The first kappa shape index (κ1) is 37.7. The summed E-state index contributed by atoms with van der Waals surface area (Å²) < 4.78 is 30.7. The van der Waals surface area contributed by atoms with Crippen molar-refractivity contribution in [2.24, 2.45) is 0 Å². The van der Waals surface area contributed by atoms with E-state index in [-0.39, 0.29) is 22.5 Å². The normalized spacial score (nSPS) is 11.4. The number of fused-ring (bicyclic) bond motifs is 1. The lowest BCUT2D eigenvalue weighted by Gasteiger charge is -2.09. The number of unbranched alkanes of at least 4 members (excludes halogenated alkanes) is 1. The van der Waals surface area contributed by atoms with Crippen LogP contribution in [-0.2, 0) is 22.4 Å². The van der Waals surface area contributed by atoms with Gasteiger partial charge >= 0.3 is 0 Å². The van der Waals surface area contributed by atoms with E-state index in [2.05, 4.69) is 10.3 Å². The van der Waals surface area contributed by atoms with Crippen LogP contribution in [-0.4, -0.2) is 65.5 Å². The quantitative estimate of drug-likeness (QED) is 0.0479. The Hall–Kier alpha value is -6.04. The highest BCUT2D eigenvalue weighted by atomic mass is 16.5. The fourth-order valence-corrected chi connectivity index (χ4v) is 5.61. The number of rotatable bonds is 20. The van der Waals surface area contributed by atoms with Crippen molar-refractivity contribution in [2.45, 2.75) is 32.7 Å². The van der Waals surface area contributed by atoms with Crippen molar-refractivity contribution in [2.75, 3.05) is 39.6 Å². The zero-order chi connectivity index (χ0) is 37.5. The number of ketones is 1. The van der Waals surface area contributed by atoms with Gasteiger partial charge in [0.2, 0.25) is 0 Å². The number of aromatic hydroxyl groups is 1. The number of aromatic nitrogens is 3. The minimum atomic E-state index is -0.254. The Labute approximate surface area is 313 Å². The summed E-state index contributed by atoms with van der Waals surface area (Å²) in [4.78, 5) is 24.9. The molecule has 0 unspecified atom stereocenters. The molecule has 2 heterocycles. The number of benzene rings is 4. The van der Waals surface area contributed by atoms with Gasteiger partial charge in [-0.15, -0.1) is 5.10 Å². The summed E-state index contributed by atoms with van der Waals surface area (Å²) in [7, 11) is 0. The van der Waals surface area contributed by atoms with Gasteiger partial charge in [0, 0.05) is 17.8 Å². The van der Waals surface area contributed by atoms with E-state index in [0.29, 0.717) is 68.7 Å². The molecule has 2 aromatic heterocycles. The summed E-state index contributed by atoms with van der Waals surface area (Å²) in [5.74, 6) is 1.70. The van der Waals surface area contributed by atoms with Crippen LogP contribution in [0.2, 0.25) is 0 Å². The Morgan fingerprint density at radius 2 is 1.54 bits per heavy atom. The van der Waals surface area contributed by atoms with E-state index < -0.39 is 0 Å². The van der Waals surface area contributed by atoms with Gasteiger partial charge in [-0.2, -0.15) is 0 Å². The summed E-state index contributed by atoms with van der Waals surface area (Å²) in [6.07, 6.45) is 7.70. The number of carbonyl (C=O) groups is 1. The Morgan fingerprint density at radius 3 is 2.33 bits per heavy atom. The van der Waals surface area contributed by atoms with Gasteiger partial charge in [-0.05, 0) is 98.5 Å². The number of phenolic OH excluding ortho intramolecular Hbond substituents is 1. The third-order valence-corrected chi connectivity index (χ3v) is 8.51. The van der Waals surface area contributed by atoms with Crippen molar-refractivity contribution < 1.29 is 33.3 Å². The summed E-state index contributed by atoms with van der Waals surface area (Å²) in [5, 5.41) is 18.9. The zero-order valence-corrected chi connectivity index (χ0v) is 30.2. The van der Waals surface area contributed by atoms with E-state index >= 15 is 0 Å². The number of phenols is 1. The van der Waals surface area contributed by atoms with Gasteiger partial charge < -0.3 is 28.5 Å². The van der Waals surface area contributed by atoms with Gasteiger partial charge in [-0.3, -0.25) is 9.59 Å². The SMILES string of the molecule is Cc1ccc2oc(-c3ccc(OCCOCCOCCn4cc(CCCCOc5ccc(/C=C/C(=O)c6ccccc6O)cc5)nn4)cc3)cc(=O)c2c1. The Morgan fingerprint density at radius 1 is 0.815 bits per heavy atom. The molecule has 0 amide bonds. The number of para-hydroxylation sites is 1. The van der Waals surface area contributed by atoms with Crippen LogP contribution in [0, 0.1) is 6.92 Å². The summed E-state index contributed by atoms with van der Waals surface area (Å²) in [5.41, 5.74) is 4.38. The lowest BCUT2D eigenvalue weighted by molar-refractivity contribution is 0.0333. The molecule has 0 bridgehead atoms.